The van der Waals surface area contributed by atoms with Gasteiger partial charge in [0, 0.05) is 5.92 Å². The summed E-state index contributed by atoms with van der Waals surface area (Å²) in [7, 11) is 0. The molecular formula is C29H48O. The molecule has 8 atom stereocenters. The van der Waals surface area contributed by atoms with E-state index in [0.717, 1.165) is 23.7 Å². The smallest absolute Gasteiger partial charge is 0.159 e. The first-order chi connectivity index (χ1) is 14.2. The molecule has 0 radical (unpaired) electrons. The van der Waals surface area contributed by atoms with Crippen LogP contribution < -0.4 is 0 Å². The second-order valence-electron chi connectivity index (χ2n) is 12.6. The quantitative estimate of drug-likeness (QED) is 0.429. The number of hydrogen-bond acceptors (Lipinski definition) is 1. The highest BCUT2D eigenvalue weighted by atomic mass is 16.1. The Morgan fingerprint density at radius 2 is 1.77 bits per heavy atom. The van der Waals surface area contributed by atoms with Crippen LogP contribution in [0.5, 0.6) is 0 Å². The van der Waals surface area contributed by atoms with E-state index in [2.05, 4.69) is 47.6 Å². The van der Waals surface area contributed by atoms with Gasteiger partial charge in [-0.3, -0.25) is 4.79 Å². The van der Waals surface area contributed by atoms with E-state index in [1.165, 1.54) is 76.2 Å². The summed E-state index contributed by atoms with van der Waals surface area (Å²) in [4.78, 5) is 13.4. The molecule has 0 aromatic rings. The van der Waals surface area contributed by atoms with Crippen LogP contribution in [0.1, 0.15) is 112 Å². The molecule has 4 aliphatic rings. The van der Waals surface area contributed by atoms with Crippen molar-refractivity contribution >= 4 is 5.78 Å². The molecule has 30 heavy (non-hydrogen) atoms. The third-order valence-corrected chi connectivity index (χ3v) is 11.1. The van der Waals surface area contributed by atoms with E-state index in [0.29, 0.717) is 34.4 Å². The van der Waals surface area contributed by atoms with Crippen molar-refractivity contribution in [3.8, 4) is 0 Å². The predicted molar refractivity (Wildman–Crippen MR) is 127 cm³/mol. The highest BCUT2D eigenvalue weighted by Crippen LogP contribution is 2.66. The third-order valence-electron chi connectivity index (χ3n) is 11.1. The first kappa shape index (κ1) is 22.6. The molecule has 3 fully saturated rings. The number of hydrogen-bond donors (Lipinski definition) is 0. The van der Waals surface area contributed by atoms with Crippen LogP contribution in [0.3, 0.4) is 0 Å². The summed E-state index contributed by atoms with van der Waals surface area (Å²) in [6, 6.07) is 0. The maximum absolute atomic E-state index is 13.4. The molecule has 0 N–H and O–H groups in total. The second kappa shape index (κ2) is 8.40. The Morgan fingerprint density at radius 1 is 1.00 bits per heavy atom. The Morgan fingerprint density at radius 3 is 2.47 bits per heavy atom. The van der Waals surface area contributed by atoms with Gasteiger partial charge in [0.15, 0.2) is 5.78 Å². The lowest BCUT2D eigenvalue weighted by Crippen LogP contribution is -2.53. The van der Waals surface area contributed by atoms with E-state index in [1.54, 1.807) is 0 Å². The van der Waals surface area contributed by atoms with Gasteiger partial charge < -0.3 is 0 Å². The van der Waals surface area contributed by atoms with Gasteiger partial charge in [-0.1, -0.05) is 66.4 Å². The summed E-state index contributed by atoms with van der Waals surface area (Å²) in [5, 5.41) is 0. The molecule has 0 unspecified atom stereocenters. The molecule has 170 valence electrons. The average Bonchev–Trinajstić information content (AvgIpc) is 3.05. The SMILES string of the molecule is CC[C@H](CC[C@@H](C)[C@H]1CC[C@H]2[C@@H]3C(=O)C=C4CCCC[C@]4(C)[C@H]3CC[C@]12C)C(C)C. The molecule has 4 rings (SSSR count). The molecule has 0 amide bonds. The zero-order chi connectivity index (χ0) is 21.7. The molecule has 0 heterocycles. The highest BCUT2D eigenvalue weighted by Gasteiger charge is 2.60. The summed E-state index contributed by atoms with van der Waals surface area (Å²) in [6.45, 7) is 14.8. The van der Waals surface area contributed by atoms with Gasteiger partial charge >= 0.3 is 0 Å². The van der Waals surface area contributed by atoms with Crippen LogP contribution in [0, 0.1) is 52.3 Å². The van der Waals surface area contributed by atoms with Gasteiger partial charge in [-0.2, -0.15) is 0 Å². The van der Waals surface area contributed by atoms with E-state index in [1.807, 2.05) is 0 Å². The Labute approximate surface area is 186 Å². The fraction of sp³-hybridized carbons (Fsp3) is 0.897. The van der Waals surface area contributed by atoms with Gasteiger partial charge in [-0.05, 0) is 104 Å². The van der Waals surface area contributed by atoms with Crippen molar-refractivity contribution in [3.63, 3.8) is 0 Å². The second-order valence-corrected chi connectivity index (χ2v) is 12.6. The number of fused-ring (bicyclic) bond motifs is 5. The molecule has 0 saturated heterocycles. The maximum atomic E-state index is 13.4. The minimum Gasteiger partial charge on any atom is -0.295 e. The van der Waals surface area contributed by atoms with Crippen molar-refractivity contribution in [3.05, 3.63) is 11.6 Å². The van der Waals surface area contributed by atoms with Gasteiger partial charge in [0.05, 0.1) is 0 Å². The summed E-state index contributed by atoms with van der Waals surface area (Å²) in [5.74, 6) is 5.42. The summed E-state index contributed by atoms with van der Waals surface area (Å²) < 4.78 is 0. The molecule has 0 aliphatic heterocycles. The normalized spacial score (nSPS) is 42.9. The molecular weight excluding hydrogens is 364 g/mol. The standard InChI is InChI=1S/C29H48O/c1-7-21(19(2)3)12-11-20(4)23-13-14-24-27-25(15-17-29(23,24)6)28(5)16-9-8-10-22(28)18-26(27)30/h18-21,23-25,27H,7-17H2,1-6H3/t20-,21-,23-,24+,25+,27+,28+,29-/m1/s1. The minimum absolute atomic E-state index is 0.326. The van der Waals surface area contributed by atoms with Gasteiger partial charge in [-0.15, -0.1) is 0 Å². The lowest BCUT2D eigenvalue weighted by atomic mass is 9.46. The van der Waals surface area contributed by atoms with Crippen LogP contribution in [0.4, 0.5) is 0 Å². The van der Waals surface area contributed by atoms with Crippen LogP contribution in [0.15, 0.2) is 11.6 Å². The zero-order valence-electron chi connectivity index (χ0n) is 20.8. The molecule has 1 nitrogen and oxygen atoms in total. The summed E-state index contributed by atoms with van der Waals surface area (Å²) in [6.07, 6.45) is 16.7. The number of carbonyl (C=O) groups is 1. The van der Waals surface area contributed by atoms with Gasteiger partial charge in [0.1, 0.15) is 0 Å². The monoisotopic (exact) mass is 412 g/mol. The molecule has 0 aromatic heterocycles. The van der Waals surface area contributed by atoms with E-state index in [-0.39, 0.29) is 0 Å². The van der Waals surface area contributed by atoms with E-state index < -0.39 is 0 Å². The van der Waals surface area contributed by atoms with Crippen LogP contribution >= 0.6 is 0 Å². The van der Waals surface area contributed by atoms with Crippen molar-refractivity contribution in [1.29, 1.82) is 0 Å². The van der Waals surface area contributed by atoms with Crippen LogP contribution in [0.25, 0.3) is 0 Å². The van der Waals surface area contributed by atoms with Crippen LogP contribution in [-0.2, 0) is 4.79 Å². The molecule has 0 aromatic carbocycles. The van der Waals surface area contributed by atoms with E-state index in [4.69, 9.17) is 0 Å². The fourth-order valence-corrected chi connectivity index (χ4v) is 9.10. The number of rotatable bonds is 6. The lowest BCUT2D eigenvalue weighted by molar-refractivity contribution is -0.134. The van der Waals surface area contributed by atoms with E-state index in [9.17, 15) is 4.79 Å². The average molecular weight is 413 g/mol. The largest absolute Gasteiger partial charge is 0.295 e. The Hall–Kier alpha value is -0.590. The van der Waals surface area contributed by atoms with Gasteiger partial charge in [0.25, 0.3) is 0 Å². The summed E-state index contributed by atoms with van der Waals surface area (Å²) >= 11 is 0. The molecule has 3 saturated carbocycles. The Kier molecular flexibility index (Phi) is 6.33. The predicted octanol–water partition coefficient (Wildman–Crippen LogP) is 8.23. The number of allylic oxidation sites excluding steroid dienone is 2. The maximum Gasteiger partial charge on any atom is 0.159 e. The number of ketones is 1. The summed E-state index contributed by atoms with van der Waals surface area (Å²) in [5.41, 5.74) is 2.24. The first-order valence-corrected chi connectivity index (χ1v) is 13.5. The molecule has 0 bridgehead atoms. The van der Waals surface area contributed by atoms with E-state index >= 15 is 0 Å². The fourth-order valence-electron chi connectivity index (χ4n) is 9.10. The van der Waals surface area contributed by atoms with Crippen molar-refractivity contribution in [1.82, 2.24) is 0 Å². The van der Waals surface area contributed by atoms with Crippen molar-refractivity contribution in [2.75, 3.05) is 0 Å². The first-order valence-electron chi connectivity index (χ1n) is 13.5. The minimum atomic E-state index is 0.326. The molecule has 4 aliphatic carbocycles. The van der Waals surface area contributed by atoms with Crippen molar-refractivity contribution in [2.24, 2.45) is 52.3 Å². The lowest BCUT2D eigenvalue weighted by Gasteiger charge is -2.57. The third kappa shape index (κ3) is 3.55. The Balaban J connectivity index is 1.52. The van der Waals surface area contributed by atoms with Crippen molar-refractivity contribution in [2.45, 2.75) is 112 Å². The Bertz CT molecular complexity index is 674. The van der Waals surface area contributed by atoms with Crippen LogP contribution in [0.2, 0.25) is 0 Å². The molecule has 0 spiro atoms. The zero-order valence-corrected chi connectivity index (χ0v) is 20.8. The topological polar surface area (TPSA) is 17.1 Å². The highest BCUT2D eigenvalue weighted by molar-refractivity contribution is 5.94. The van der Waals surface area contributed by atoms with Crippen LogP contribution in [-0.4, -0.2) is 5.78 Å². The molecule has 1 heteroatoms. The number of carbonyl (C=O) groups excluding carboxylic acids is 1. The van der Waals surface area contributed by atoms with Crippen molar-refractivity contribution < 1.29 is 4.79 Å². The van der Waals surface area contributed by atoms with Gasteiger partial charge in [0.2, 0.25) is 0 Å². The van der Waals surface area contributed by atoms with Gasteiger partial charge in [-0.25, -0.2) is 0 Å².